The highest BCUT2D eigenvalue weighted by Gasteiger charge is 2.05. The molecule has 0 aliphatic carbocycles. The molecule has 5 heteroatoms. The van der Waals surface area contributed by atoms with Crippen LogP contribution in [-0.4, -0.2) is 29.3 Å². The van der Waals surface area contributed by atoms with Gasteiger partial charge in [0.15, 0.2) is 0 Å². The predicted molar refractivity (Wildman–Crippen MR) is 71.6 cm³/mol. The summed E-state index contributed by atoms with van der Waals surface area (Å²) < 4.78 is 20.1. The third kappa shape index (κ3) is 3.34. The van der Waals surface area contributed by atoms with Crippen molar-refractivity contribution in [3.05, 3.63) is 48.0 Å². The van der Waals surface area contributed by atoms with E-state index in [1.165, 1.54) is 6.07 Å². The molecule has 18 heavy (non-hydrogen) atoms. The number of para-hydroxylation sites is 1. The van der Waals surface area contributed by atoms with E-state index in [1.807, 2.05) is 6.07 Å². The number of nitrogens with zero attached hydrogens (tertiary/aromatic N) is 2. The Morgan fingerprint density at radius 1 is 1.33 bits per heavy atom. The molecule has 0 aliphatic rings. The average molecular weight is 266 g/mol. The highest BCUT2D eigenvalue weighted by molar-refractivity contribution is 7.98. The molecule has 0 spiro atoms. The van der Waals surface area contributed by atoms with E-state index in [-0.39, 0.29) is 5.82 Å². The highest BCUT2D eigenvalue weighted by atomic mass is 32.2. The zero-order chi connectivity index (χ0) is 12.8. The lowest BCUT2D eigenvalue weighted by Crippen LogP contribution is -1.99. The molecule has 0 radical (unpaired) electrons. The quantitative estimate of drug-likeness (QED) is 0.752. The standard InChI is InChI=1S/C13H15FN2OS/c1-17-8-9-18-10-11-6-7-16(15-11)13-5-3-2-4-12(13)14/h2-7H,8-10H2,1H3. The van der Waals surface area contributed by atoms with Crippen molar-refractivity contribution in [2.24, 2.45) is 0 Å². The van der Waals surface area contributed by atoms with Gasteiger partial charge in [-0.2, -0.15) is 16.9 Å². The van der Waals surface area contributed by atoms with Crippen molar-refractivity contribution in [1.82, 2.24) is 9.78 Å². The van der Waals surface area contributed by atoms with Crippen LogP contribution in [0.15, 0.2) is 36.5 Å². The van der Waals surface area contributed by atoms with Crippen molar-refractivity contribution < 1.29 is 9.13 Å². The summed E-state index contributed by atoms with van der Waals surface area (Å²) in [6.45, 7) is 0.735. The minimum atomic E-state index is -0.265. The van der Waals surface area contributed by atoms with Crippen LogP contribution in [0.2, 0.25) is 0 Å². The minimum Gasteiger partial charge on any atom is -0.384 e. The molecule has 1 heterocycles. The Morgan fingerprint density at radius 3 is 2.94 bits per heavy atom. The number of halogens is 1. The van der Waals surface area contributed by atoms with E-state index in [4.69, 9.17) is 4.74 Å². The molecule has 0 N–H and O–H groups in total. The summed E-state index contributed by atoms with van der Waals surface area (Å²) in [5, 5.41) is 4.35. The van der Waals surface area contributed by atoms with Crippen molar-refractivity contribution in [2.45, 2.75) is 5.75 Å². The van der Waals surface area contributed by atoms with Gasteiger partial charge in [-0.25, -0.2) is 9.07 Å². The Hall–Kier alpha value is -1.33. The molecule has 0 amide bonds. The first kappa shape index (κ1) is 13.1. The van der Waals surface area contributed by atoms with Crippen LogP contribution in [0.4, 0.5) is 4.39 Å². The van der Waals surface area contributed by atoms with E-state index >= 15 is 0 Å². The number of thioether (sulfide) groups is 1. The molecular formula is C13H15FN2OS. The van der Waals surface area contributed by atoms with Gasteiger partial charge in [0, 0.05) is 24.8 Å². The van der Waals surface area contributed by atoms with Crippen molar-refractivity contribution in [3.63, 3.8) is 0 Å². The fourth-order valence-corrected chi connectivity index (χ4v) is 2.32. The van der Waals surface area contributed by atoms with E-state index in [2.05, 4.69) is 5.10 Å². The van der Waals surface area contributed by atoms with Gasteiger partial charge < -0.3 is 4.74 Å². The first-order chi connectivity index (χ1) is 8.81. The number of aromatic nitrogens is 2. The zero-order valence-corrected chi connectivity index (χ0v) is 11.0. The lowest BCUT2D eigenvalue weighted by atomic mass is 10.3. The molecule has 0 atom stereocenters. The summed E-state index contributed by atoms with van der Waals surface area (Å²) in [7, 11) is 1.69. The van der Waals surface area contributed by atoms with E-state index in [9.17, 15) is 4.39 Å². The Bertz CT molecular complexity index is 501. The molecular weight excluding hydrogens is 251 g/mol. The predicted octanol–water partition coefficient (Wildman–Crippen LogP) is 2.89. The number of hydrogen-bond donors (Lipinski definition) is 0. The lowest BCUT2D eigenvalue weighted by molar-refractivity contribution is 0.218. The van der Waals surface area contributed by atoms with Gasteiger partial charge in [-0.1, -0.05) is 12.1 Å². The second-order valence-electron chi connectivity index (χ2n) is 3.75. The summed E-state index contributed by atoms with van der Waals surface area (Å²) in [4.78, 5) is 0. The Morgan fingerprint density at radius 2 is 2.17 bits per heavy atom. The Kier molecular flexibility index (Phi) is 4.78. The third-order valence-corrected chi connectivity index (χ3v) is 3.38. The summed E-state index contributed by atoms with van der Waals surface area (Å²) in [6.07, 6.45) is 1.78. The smallest absolute Gasteiger partial charge is 0.148 e. The van der Waals surface area contributed by atoms with Crippen LogP contribution >= 0.6 is 11.8 Å². The van der Waals surface area contributed by atoms with E-state index in [0.717, 1.165) is 23.8 Å². The third-order valence-electron chi connectivity index (χ3n) is 2.43. The van der Waals surface area contributed by atoms with Gasteiger partial charge >= 0.3 is 0 Å². The topological polar surface area (TPSA) is 27.1 Å². The van der Waals surface area contributed by atoms with Gasteiger partial charge in [0.05, 0.1) is 12.3 Å². The maximum Gasteiger partial charge on any atom is 0.148 e. The fraction of sp³-hybridized carbons (Fsp3) is 0.308. The van der Waals surface area contributed by atoms with Crippen LogP contribution in [0.1, 0.15) is 5.69 Å². The molecule has 0 saturated heterocycles. The maximum atomic E-state index is 13.6. The van der Waals surface area contributed by atoms with Gasteiger partial charge in [-0.05, 0) is 18.2 Å². The Balaban J connectivity index is 2.00. The van der Waals surface area contributed by atoms with Gasteiger partial charge in [0.2, 0.25) is 0 Å². The number of methoxy groups -OCH3 is 1. The monoisotopic (exact) mass is 266 g/mol. The van der Waals surface area contributed by atoms with Crippen molar-refractivity contribution >= 4 is 11.8 Å². The summed E-state index contributed by atoms with van der Waals surface area (Å²) in [6, 6.07) is 8.53. The first-order valence-electron chi connectivity index (χ1n) is 5.67. The lowest BCUT2D eigenvalue weighted by Gasteiger charge is -2.02. The highest BCUT2D eigenvalue weighted by Crippen LogP contribution is 2.14. The Labute approximate surface area is 110 Å². The van der Waals surface area contributed by atoms with Gasteiger partial charge in [-0.3, -0.25) is 0 Å². The number of benzene rings is 1. The molecule has 2 aromatic rings. The second-order valence-corrected chi connectivity index (χ2v) is 4.85. The SMILES string of the molecule is COCCSCc1ccn(-c2ccccc2F)n1. The zero-order valence-electron chi connectivity index (χ0n) is 10.2. The molecule has 1 aromatic heterocycles. The summed E-state index contributed by atoms with van der Waals surface area (Å²) in [5.41, 5.74) is 1.42. The molecule has 3 nitrogen and oxygen atoms in total. The van der Waals surface area contributed by atoms with E-state index in [1.54, 1.807) is 47.9 Å². The fourth-order valence-electron chi connectivity index (χ4n) is 1.53. The van der Waals surface area contributed by atoms with E-state index < -0.39 is 0 Å². The van der Waals surface area contributed by atoms with E-state index in [0.29, 0.717) is 5.69 Å². The van der Waals surface area contributed by atoms with Gasteiger partial charge in [0.25, 0.3) is 0 Å². The van der Waals surface area contributed by atoms with Crippen LogP contribution in [0.3, 0.4) is 0 Å². The van der Waals surface area contributed by atoms with Gasteiger partial charge in [0.1, 0.15) is 11.5 Å². The van der Waals surface area contributed by atoms with Crippen LogP contribution in [-0.2, 0) is 10.5 Å². The first-order valence-corrected chi connectivity index (χ1v) is 6.83. The molecule has 0 unspecified atom stereocenters. The summed E-state index contributed by atoms with van der Waals surface area (Å²) in [5.74, 6) is 1.48. The molecule has 96 valence electrons. The minimum absolute atomic E-state index is 0.265. The summed E-state index contributed by atoms with van der Waals surface area (Å²) >= 11 is 1.75. The maximum absolute atomic E-state index is 13.6. The van der Waals surface area contributed by atoms with Crippen LogP contribution in [0.25, 0.3) is 5.69 Å². The second kappa shape index (κ2) is 6.56. The van der Waals surface area contributed by atoms with Crippen LogP contribution in [0, 0.1) is 5.82 Å². The van der Waals surface area contributed by atoms with Crippen molar-refractivity contribution in [2.75, 3.05) is 19.5 Å². The average Bonchev–Trinajstić information content (AvgIpc) is 2.84. The van der Waals surface area contributed by atoms with Crippen molar-refractivity contribution in [1.29, 1.82) is 0 Å². The van der Waals surface area contributed by atoms with Crippen LogP contribution in [0.5, 0.6) is 0 Å². The van der Waals surface area contributed by atoms with Crippen molar-refractivity contribution in [3.8, 4) is 5.69 Å². The van der Waals surface area contributed by atoms with Crippen LogP contribution < -0.4 is 0 Å². The van der Waals surface area contributed by atoms with Gasteiger partial charge in [-0.15, -0.1) is 0 Å². The molecule has 1 aromatic carbocycles. The number of rotatable bonds is 6. The number of ether oxygens (including phenoxy) is 1. The molecule has 0 bridgehead atoms. The normalized spacial score (nSPS) is 10.8. The molecule has 0 saturated carbocycles. The molecule has 0 fully saturated rings. The molecule has 0 aliphatic heterocycles. The largest absolute Gasteiger partial charge is 0.384 e. The number of hydrogen-bond acceptors (Lipinski definition) is 3. The molecule has 2 rings (SSSR count).